The van der Waals surface area contributed by atoms with E-state index in [1.54, 1.807) is 0 Å². The van der Waals surface area contributed by atoms with Crippen molar-refractivity contribution in [1.82, 2.24) is 5.32 Å². The van der Waals surface area contributed by atoms with E-state index < -0.39 is 6.04 Å². The van der Waals surface area contributed by atoms with Gasteiger partial charge in [-0.1, -0.05) is 19.9 Å². The lowest BCUT2D eigenvalue weighted by atomic mass is 10.0. The summed E-state index contributed by atoms with van der Waals surface area (Å²) < 4.78 is 0. The summed E-state index contributed by atoms with van der Waals surface area (Å²) in [6.45, 7) is 7.74. The van der Waals surface area contributed by atoms with Crippen LogP contribution in [0.4, 0.5) is 11.4 Å². The lowest BCUT2D eigenvalue weighted by Gasteiger charge is -2.20. The molecule has 1 aliphatic heterocycles. The summed E-state index contributed by atoms with van der Waals surface area (Å²) in [6, 6.07) is 7.09. The zero-order chi connectivity index (χ0) is 18.4. The number of carbonyl (C=O) groups is 2. The molecular formula is C19H31ClN4O2. The van der Waals surface area contributed by atoms with Crippen LogP contribution >= 0.6 is 12.4 Å². The molecule has 0 saturated carbocycles. The number of benzene rings is 1. The van der Waals surface area contributed by atoms with Crippen LogP contribution in [0.25, 0.3) is 0 Å². The molecule has 1 saturated heterocycles. The molecule has 0 spiro atoms. The van der Waals surface area contributed by atoms with Crippen LogP contribution in [0, 0.1) is 5.92 Å². The Morgan fingerprint density at radius 3 is 2.46 bits per heavy atom. The average Bonchev–Trinajstić information content (AvgIpc) is 3.08. The number of halogens is 1. The normalized spacial score (nSPS) is 16.0. The van der Waals surface area contributed by atoms with Crippen LogP contribution in [0.3, 0.4) is 0 Å². The Morgan fingerprint density at radius 2 is 1.85 bits per heavy atom. The van der Waals surface area contributed by atoms with Crippen LogP contribution < -0.4 is 21.3 Å². The van der Waals surface area contributed by atoms with E-state index in [0.717, 1.165) is 24.5 Å². The van der Waals surface area contributed by atoms with Gasteiger partial charge in [0.05, 0.1) is 6.04 Å². The number of nitrogens with two attached hydrogens (primary N) is 1. The van der Waals surface area contributed by atoms with Gasteiger partial charge in [0.2, 0.25) is 11.8 Å². The van der Waals surface area contributed by atoms with Gasteiger partial charge in [-0.2, -0.15) is 0 Å². The summed E-state index contributed by atoms with van der Waals surface area (Å²) in [5.74, 6) is -0.273. The van der Waals surface area contributed by atoms with Crippen molar-refractivity contribution in [2.75, 3.05) is 23.3 Å². The minimum Gasteiger partial charge on any atom is -0.371 e. The Balaban J connectivity index is 0.00000338. The van der Waals surface area contributed by atoms with Gasteiger partial charge >= 0.3 is 0 Å². The van der Waals surface area contributed by atoms with Crippen molar-refractivity contribution in [2.45, 2.75) is 52.1 Å². The number of amides is 2. The predicted molar refractivity (Wildman–Crippen MR) is 109 cm³/mol. The Hall–Kier alpha value is -1.79. The van der Waals surface area contributed by atoms with Crippen LogP contribution in [0.15, 0.2) is 24.3 Å². The number of rotatable bonds is 7. The molecule has 0 aliphatic carbocycles. The molecule has 0 aromatic heterocycles. The molecule has 26 heavy (non-hydrogen) atoms. The van der Waals surface area contributed by atoms with Crippen molar-refractivity contribution >= 4 is 35.6 Å². The molecule has 7 heteroatoms. The minimum absolute atomic E-state index is 0. The summed E-state index contributed by atoms with van der Waals surface area (Å²) in [5.41, 5.74) is 7.74. The molecule has 1 unspecified atom stereocenters. The molecule has 1 aromatic carbocycles. The van der Waals surface area contributed by atoms with Crippen LogP contribution in [-0.2, 0) is 9.59 Å². The molecule has 2 amide bonds. The summed E-state index contributed by atoms with van der Waals surface area (Å²) in [6.07, 6.45) is 2.64. The van der Waals surface area contributed by atoms with Gasteiger partial charge in [-0.15, -0.1) is 12.4 Å². The first-order valence-corrected chi connectivity index (χ1v) is 9.07. The molecule has 2 rings (SSSR count). The minimum atomic E-state index is -0.553. The number of nitrogens with one attached hydrogen (secondary N) is 2. The lowest BCUT2D eigenvalue weighted by molar-refractivity contribution is -0.124. The molecule has 146 valence electrons. The number of anilines is 2. The molecule has 1 aromatic rings. The number of hydrogen-bond donors (Lipinski definition) is 3. The van der Waals surface area contributed by atoms with Crippen molar-refractivity contribution in [2.24, 2.45) is 11.7 Å². The Morgan fingerprint density at radius 1 is 1.19 bits per heavy atom. The fraction of sp³-hybridized carbons (Fsp3) is 0.579. The Kier molecular flexibility index (Phi) is 8.88. The second-order valence-electron chi connectivity index (χ2n) is 7.18. The third kappa shape index (κ3) is 6.50. The highest BCUT2D eigenvalue weighted by Gasteiger charge is 2.20. The van der Waals surface area contributed by atoms with Gasteiger partial charge in [0.25, 0.3) is 0 Å². The van der Waals surface area contributed by atoms with Crippen molar-refractivity contribution in [1.29, 1.82) is 0 Å². The highest BCUT2D eigenvalue weighted by molar-refractivity contribution is 5.92. The van der Waals surface area contributed by atoms with Gasteiger partial charge in [-0.05, 0) is 43.9 Å². The van der Waals surface area contributed by atoms with E-state index in [4.69, 9.17) is 5.73 Å². The molecule has 0 radical (unpaired) electrons. The van der Waals surface area contributed by atoms with Crippen LogP contribution in [0.1, 0.15) is 40.0 Å². The maximum Gasteiger partial charge on any atom is 0.237 e. The van der Waals surface area contributed by atoms with E-state index >= 15 is 0 Å². The van der Waals surface area contributed by atoms with Gasteiger partial charge in [-0.25, -0.2) is 0 Å². The zero-order valence-electron chi connectivity index (χ0n) is 15.8. The molecule has 4 N–H and O–H groups in total. The van der Waals surface area contributed by atoms with Gasteiger partial charge in [-0.3, -0.25) is 9.59 Å². The van der Waals surface area contributed by atoms with Crippen molar-refractivity contribution < 1.29 is 9.59 Å². The highest BCUT2D eigenvalue weighted by atomic mass is 35.5. The van der Waals surface area contributed by atoms with E-state index in [1.165, 1.54) is 12.8 Å². The lowest BCUT2D eigenvalue weighted by Crippen LogP contribution is -2.47. The number of hydrogen-bond acceptors (Lipinski definition) is 4. The first kappa shape index (κ1) is 22.3. The third-order valence-corrected chi connectivity index (χ3v) is 4.50. The maximum absolute atomic E-state index is 12.2. The molecule has 0 bridgehead atoms. The second kappa shape index (κ2) is 10.4. The van der Waals surface area contributed by atoms with E-state index in [9.17, 15) is 9.59 Å². The summed E-state index contributed by atoms with van der Waals surface area (Å²) in [7, 11) is 0. The first-order chi connectivity index (χ1) is 11.9. The standard InChI is InChI=1S/C19H30N4O2.ClH/c1-13(2)18(20)19(25)21-14(3)11-17(24)22-15-7-6-8-16(12-15)23-9-4-5-10-23;/h6-8,12-14,18H,4-5,9-11,20H2,1-3H3,(H,21,25)(H,22,24);1H/t14?,18-;/m0./s1. The largest absolute Gasteiger partial charge is 0.371 e. The van der Waals surface area contributed by atoms with Crippen molar-refractivity contribution in [3.8, 4) is 0 Å². The summed E-state index contributed by atoms with van der Waals surface area (Å²) in [5, 5.41) is 5.71. The van der Waals surface area contributed by atoms with E-state index in [1.807, 2.05) is 39.0 Å². The van der Waals surface area contributed by atoms with Crippen molar-refractivity contribution in [3.63, 3.8) is 0 Å². The zero-order valence-corrected chi connectivity index (χ0v) is 16.6. The van der Waals surface area contributed by atoms with Crippen LogP contribution in [0.2, 0.25) is 0 Å². The molecule has 1 heterocycles. The second-order valence-corrected chi connectivity index (χ2v) is 7.18. The Labute approximate surface area is 162 Å². The predicted octanol–water partition coefficient (Wildman–Crippen LogP) is 2.53. The van der Waals surface area contributed by atoms with E-state index in [0.29, 0.717) is 0 Å². The maximum atomic E-state index is 12.2. The average molecular weight is 383 g/mol. The topological polar surface area (TPSA) is 87.5 Å². The molecule has 1 aliphatic rings. The van der Waals surface area contributed by atoms with Crippen LogP contribution in [0.5, 0.6) is 0 Å². The number of carbonyl (C=O) groups excluding carboxylic acids is 2. The van der Waals surface area contributed by atoms with E-state index in [-0.39, 0.29) is 42.6 Å². The van der Waals surface area contributed by atoms with Gasteiger partial charge < -0.3 is 21.3 Å². The summed E-state index contributed by atoms with van der Waals surface area (Å²) >= 11 is 0. The van der Waals surface area contributed by atoms with Crippen molar-refractivity contribution in [3.05, 3.63) is 24.3 Å². The van der Waals surface area contributed by atoms with E-state index in [2.05, 4.69) is 21.6 Å². The fourth-order valence-electron chi connectivity index (χ4n) is 2.94. The van der Waals surface area contributed by atoms with Crippen LogP contribution in [-0.4, -0.2) is 37.0 Å². The van der Waals surface area contributed by atoms with Gasteiger partial charge in [0.15, 0.2) is 0 Å². The quantitative estimate of drug-likeness (QED) is 0.676. The van der Waals surface area contributed by atoms with Gasteiger partial charge in [0.1, 0.15) is 0 Å². The summed E-state index contributed by atoms with van der Waals surface area (Å²) in [4.78, 5) is 26.5. The highest BCUT2D eigenvalue weighted by Crippen LogP contribution is 2.23. The fourth-order valence-corrected chi connectivity index (χ4v) is 2.94. The number of nitrogens with zero attached hydrogens (tertiary/aromatic N) is 1. The monoisotopic (exact) mass is 382 g/mol. The SMILES string of the molecule is CC(CC(=O)Nc1cccc(N2CCCC2)c1)NC(=O)[C@@H](N)C(C)C.Cl. The molecule has 1 fully saturated rings. The molecular weight excluding hydrogens is 352 g/mol. The third-order valence-electron chi connectivity index (χ3n) is 4.50. The molecule has 6 nitrogen and oxygen atoms in total. The van der Waals surface area contributed by atoms with Gasteiger partial charge in [0, 0.05) is 36.9 Å². The first-order valence-electron chi connectivity index (χ1n) is 9.07. The Bertz CT molecular complexity index is 603. The smallest absolute Gasteiger partial charge is 0.237 e. The molecule has 2 atom stereocenters.